The maximum Gasteiger partial charge on any atom is 0.292 e. The number of aromatic nitrogens is 5. The van der Waals surface area contributed by atoms with Crippen molar-refractivity contribution in [1.29, 1.82) is 0 Å². The molecule has 30 heavy (non-hydrogen) atoms. The van der Waals surface area contributed by atoms with Gasteiger partial charge < -0.3 is 19.4 Å². The molecule has 0 radical (unpaired) electrons. The molecule has 4 aromatic heterocycles. The highest BCUT2D eigenvalue weighted by atomic mass is 19.1. The van der Waals surface area contributed by atoms with Crippen LogP contribution in [0.2, 0.25) is 0 Å². The lowest BCUT2D eigenvalue weighted by atomic mass is 9.99. The average Bonchev–Trinajstić information content (AvgIpc) is 3.44. The monoisotopic (exact) mass is 410 g/mol. The molecule has 0 saturated heterocycles. The third-order valence-corrected chi connectivity index (χ3v) is 5.30. The van der Waals surface area contributed by atoms with Crippen molar-refractivity contribution < 1.29 is 18.7 Å². The number of aliphatic hydroxyl groups excluding tert-OH is 1. The Morgan fingerprint density at radius 1 is 1.47 bits per heavy atom. The normalized spacial score (nSPS) is 17.3. The topological polar surface area (TPSA) is 113 Å². The summed E-state index contributed by atoms with van der Waals surface area (Å²) in [5.41, 5.74) is 2.76. The number of aliphatic hydroxyl groups is 1. The SMILES string of the molecule is Cc1nc([C@@H](C)O)oc1C(=O)N1CCc2[nH]cnc2[C@@H]1c1cc2c(F)cccn2n1. The van der Waals surface area contributed by atoms with Crippen molar-refractivity contribution in [3.8, 4) is 0 Å². The highest BCUT2D eigenvalue weighted by Crippen LogP contribution is 2.35. The Bertz CT molecular complexity index is 1260. The van der Waals surface area contributed by atoms with Crippen molar-refractivity contribution in [2.75, 3.05) is 6.54 Å². The fourth-order valence-corrected chi connectivity index (χ4v) is 3.85. The Morgan fingerprint density at radius 2 is 2.30 bits per heavy atom. The average molecular weight is 410 g/mol. The zero-order valence-corrected chi connectivity index (χ0v) is 16.3. The first kappa shape index (κ1) is 18.5. The molecule has 0 aromatic carbocycles. The number of amides is 1. The first-order chi connectivity index (χ1) is 14.4. The number of aryl methyl sites for hydroxylation is 1. The molecule has 1 aliphatic rings. The van der Waals surface area contributed by atoms with Crippen LogP contribution in [0.4, 0.5) is 4.39 Å². The quantitative estimate of drug-likeness (QED) is 0.536. The lowest BCUT2D eigenvalue weighted by Gasteiger charge is -2.33. The molecule has 0 fully saturated rings. The van der Waals surface area contributed by atoms with Crippen LogP contribution in [0.5, 0.6) is 0 Å². The van der Waals surface area contributed by atoms with E-state index < -0.39 is 18.0 Å². The lowest BCUT2D eigenvalue weighted by Crippen LogP contribution is -2.41. The van der Waals surface area contributed by atoms with E-state index in [-0.39, 0.29) is 17.6 Å². The molecule has 0 unspecified atom stereocenters. The predicted octanol–water partition coefficient (Wildman–Crippen LogP) is 2.33. The van der Waals surface area contributed by atoms with Gasteiger partial charge in [-0.3, -0.25) is 4.79 Å². The largest absolute Gasteiger partial charge is 0.432 e. The van der Waals surface area contributed by atoms with Crippen LogP contribution in [0.3, 0.4) is 0 Å². The summed E-state index contributed by atoms with van der Waals surface area (Å²) in [6.45, 7) is 3.56. The van der Waals surface area contributed by atoms with E-state index in [0.29, 0.717) is 35.6 Å². The first-order valence-corrected chi connectivity index (χ1v) is 9.56. The summed E-state index contributed by atoms with van der Waals surface area (Å²) in [5, 5.41) is 14.2. The predicted molar refractivity (Wildman–Crippen MR) is 102 cm³/mol. The van der Waals surface area contributed by atoms with Gasteiger partial charge in [-0.15, -0.1) is 0 Å². The molecule has 0 spiro atoms. The smallest absolute Gasteiger partial charge is 0.292 e. The van der Waals surface area contributed by atoms with Gasteiger partial charge >= 0.3 is 0 Å². The van der Waals surface area contributed by atoms with Crippen LogP contribution in [0, 0.1) is 12.7 Å². The van der Waals surface area contributed by atoms with Gasteiger partial charge in [-0.1, -0.05) is 0 Å². The minimum atomic E-state index is -0.929. The number of nitrogens with zero attached hydrogens (tertiary/aromatic N) is 5. The van der Waals surface area contributed by atoms with Gasteiger partial charge in [-0.2, -0.15) is 5.10 Å². The fourth-order valence-electron chi connectivity index (χ4n) is 3.85. The molecule has 10 heteroatoms. The maximum absolute atomic E-state index is 14.2. The molecule has 4 aromatic rings. The summed E-state index contributed by atoms with van der Waals surface area (Å²) >= 11 is 0. The van der Waals surface area contributed by atoms with Crippen LogP contribution < -0.4 is 0 Å². The summed E-state index contributed by atoms with van der Waals surface area (Å²) in [5.74, 6) is -0.646. The van der Waals surface area contributed by atoms with E-state index >= 15 is 0 Å². The van der Waals surface area contributed by atoms with E-state index in [4.69, 9.17) is 4.42 Å². The number of imidazole rings is 1. The molecule has 2 atom stereocenters. The summed E-state index contributed by atoms with van der Waals surface area (Å²) in [6.07, 6.45) is 2.88. The summed E-state index contributed by atoms with van der Waals surface area (Å²) < 4.78 is 21.2. The van der Waals surface area contributed by atoms with E-state index in [1.807, 2.05) is 0 Å². The van der Waals surface area contributed by atoms with Gasteiger partial charge in [0, 0.05) is 24.9 Å². The Hall–Kier alpha value is -3.53. The molecule has 1 amide bonds. The second kappa shape index (κ2) is 6.77. The third kappa shape index (κ3) is 2.79. The zero-order valence-electron chi connectivity index (χ0n) is 16.3. The Morgan fingerprint density at radius 3 is 3.03 bits per heavy atom. The van der Waals surface area contributed by atoms with E-state index in [1.54, 1.807) is 36.5 Å². The van der Waals surface area contributed by atoms with Crippen molar-refractivity contribution >= 4 is 11.4 Å². The lowest BCUT2D eigenvalue weighted by molar-refractivity contribution is 0.0644. The van der Waals surface area contributed by atoms with Gasteiger partial charge in [0.1, 0.15) is 23.5 Å². The van der Waals surface area contributed by atoms with Crippen LogP contribution in [-0.2, 0) is 6.42 Å². The fraction of sp³-hybridized carbons (Fsp3) is 0.300. The molecule has 5 rings (SSSR count). The van der Waals surface area contributed by atoms with Gasteiger partial charge in [0.2, 0.25) is 11.7 Å². The third-order valence-electron chi connectivity index (χ3n) is 5.30. The summed E-state index contributed by atoms with van der Waals surface area (Å²) in [7, 11) is 0. The van der Waals surface area contributed by atoms with E-state index in [2.05, 4.69) is 20.1 Å². The number of hydrogen-bond acceptors (Lipinski definition) is 6. The highest BCUT2D eigenvalue weighted by molar-refractivity contribution is 5.93. The second-order valence-corrected chi connectivity index (χ2v) is 7.32. The number of pyridine rings is 1. The number of nitrogens with one attached hydrogen (secondary N) is 1. The number of carbonyl (C=O) groups excluding carboxylic acids is 1. The van der Waals surface area contributed by atoms with Crippen molar-refractivity contribution in [3.63, 3.8) is 0 Å². The van der Waals surface area contributed by atoms with Gasteiger partial charge in [-0.05, 0) is 32.0 Å². The van der Waals surface area contributed by atoms with E-state index in [0.717, 1.165) is 5.69 Å². The zero-order chi connectivity index (χ0) is 21.0. The molecular formula is C20H19FN6O3. The van der Waals surface area contributed by atoms with Crippen molar-refractivity contribution in [2.24, 2.45) is 0 Å². The number of carbonyl (C=O) groups is 1. The van der Waals surface area contributed by atoms with Crippen LogP contribution in [0.25, 0.3) is 5.52 Å². The summed E-state index contributed by atoms with van der Waals surface area (Å²) in [4.78, 5) is 26.7. The van der Waals surface area contributed by atoms with Gasteiger partial charge in [0.15, 0.2) is 0 Å². The van der Waals surface area contributed by atoms with E-state index in [9.17, 15) is 14.3 Å². The number of aromatic amines is 1. The van der Waals surface area contributed by atoms with Crippen molar-refractivity contribution in [1.82, 2.24) is 29.5 Å². The first-order valence-electron chi connectivity index (χ1n) is 9.56. The molecule has 9 nitrogen and oxygen atoms in total. The number of fused-ring (bicyclic) bond motifs is 2. The highest BCUT2D eigenvalue weighted by Gasteiger charge is 2.38. The number of oxazole rings is 1. The number of halogens is 1. The van der Waals surface area contributed by atoms with Gasteiger partial charge in [0.25, 0.3) is 5.91 Å². The van der Waals surface area contributed by atoms with Gasteiger partial charge in [0.05, 0.1) is 23.4 Å². The van der Waals surface area contributed by atoms with Crippen LogP contribution in [0.1, 0.15) is 58.3 Å². The van der Waals surface area contributed by atoms with Crippen LogP contribution in [0.15, 0.2) is 35.1 Å². The second-order valence-electron chi connectivity index (χ2n) is 7.32. The standard InChI is InChI=1S/C20H19FN6O3/c1-10-18(30-19(24-10)11(2)28)20(29)26-7-5-13-16(23-9-22-13)17(26)14-8-15-12(21)4-3-6-27(15)25-14/h3-4,6,8-9,11,17,28H,5,7H2,1-2H3,(H,22,23)/t11-,17+/m1/s1. The molecule has 0 bridgehead atoms. The van der Waals surface area contributed by atoms with E-state index in [1.165, 1.54) is 17.5 Å². The number of hydrogen-bond donors (Lipinski definition) is 2. The van der Waals surface area contributed by atoms with Crippen LogP contribution in [-0.4, -0.2) is 47.0 Å². The number of rotatable bonds is 3. The maximum atomic E-state index is 14.2. The molecule has 1 aliphatic heterocycles. The molecule has 5 heterocycles. The molecular weight excluding hydrogens is 391 g/mol. The van der Waals surface area contributed by atoms with Gasteiger partial charge in [-0.25, -0.2) is 18.9 Å². The minimum absolute atomic E-state index is 0.0600. The Labute approximate surface area is 170 Å². The molecule has 0 aliphatic carbocycles. The number of H-pyrrole nitrogens is 1. The molecule has 154 valence electrons. The Kier molecular flexibility index (Phi) is 4.17. The van der Waals surface area contributed by atoms with Crippen LogP contribution >= 0.6 is 0 Å². The molecule has 2 N–H and O–H groups in total. The molecule has 0 saturated carbocycles. The summed E-state index contributed by atoms with van der Waals surface area (Å²) in [6, 6.07) is 3.93. The van der Waals surface area contributed by atoms with Crippen molar-refractivity contribution in [2.45, 2.75) is 32.4 Å². The Balaban J connectivity index is 1.62. The minimum Gasteiger partial charge on any atom is -0.432 e. The van der Waals surface area contributed by atoms with Crippen molar-refractivity contribution in [3.05, 3.63) is 71.0 Å².